The van der Waals surface area contributed by atoms with E-state index >= 15 is 0 Å². The van der Waals surface area contributed by atoms with Gasteiger partial charge in [-0.05, 0) is 49.6 Å². The van der Waals surface area contributed by atoms with E-state index in [1.807, 2.05) is 23.1 Å². The van der Waals surface area contributed by atoms with E-state index in [2.05, 4.69) is 34.3 Å². The van der Waals surface area contributed by atoms with E-state index in [0.29, 0.717) is 12.4 Å². The number of nitrogens with zero attached hydrogens (tertiary/aromatic N) is 3. The number of nitrogens with one attached hydrogen (secondary N) is 2. The molecule has 25 heavy (non-hydrogen) atoms. The van der Waals surface area contributed by atoms with Gasteiger partial charge in [0.1, 0.15) is 11.6 Å². The molecule has 2 amide bonds. The molecule has 1 fully saturated rings. The van der Waals surface area contributed by atoms with Crippen molar-refractivity contribution in [3.63, 3.8) is 0 Å². The number of fused-ring (bicyclic) bond motifs is 1. The molecule has 0 spiro atoms. The first-order chi connectivity index (χ1) is 12.2. The quantitative estimate of drug-likeness (QED) is 0.750. The highest BCUT2D eigenvalue weighted by Gasteiger charge is 2.27. The fourth-order valence-corrected chi connectivity index (χ4v) is 3.35. The Hall–Kier alpha value is -2.89. The van der Waals surface area contributed by atoms with Crippen molar-refractivity contribution in [3.8, 4) is 0 Å². The number of amides is 2. The SMILES string of the molecule is Cc1ccc2nc([C@@H]3CCCN(C(=O)Nc4ccccn4)C3)[nH]c2c1. The topological polar surface area (TPSA) is 73.9 Å². The average Bonchev–Trinajstić information content (AvgIpc) is 3.06. The highest BCUT2D eigenvalue weighted by molar-refractivity contribution is 5.88. The summed E-state index contributed by atoms with van der Waals surface area (Å²) in [6.45, 7) is 3.50. The Morgan fingerprint density at radius 2 is 2.24 bits per heavy atom. The van der Waals surface area contributed by atoms with Crippen LogP contribution < -0.4 is 5.32 Å². The van der Waals surface area contributed by atoms with Crippen molar-refractivity contribution < 1.29 is 4.79 Å². The monoisotopic (exact) mass is 335 g/mol. The van der Waals surface area contributed by atoms with Gasteiger partial charge in [0.15, 0.2) is 0 Å². The number of anilines is 1. The maximum Gasteiger partial charge on any atom is 0.323 e. The molecule has 0 radical (unpaired) electrons. The molecule has 0 saturated carbocycles. The molecule has 6 nitrogen and oxygen atoms in total. The summed E-state index contributed by atoms with van der Waals surface area (Å²) in [5, 5.41) is 2.86. The third kappa shape index (κ3) is 3.33. The first-order valence-corrected chi connectivity index (χ1v) is 8.62. The number of carbonyl (C=O) groups is 1. The minimum atomic E-state index is -0.102. The molecule has 3 aromatic rings. The van der Waals surface area contributed by atoms with Crippen LogP contribution in [0.25, 0.3) is 11.0 Å². The van der Waals surface area contributed by atoms with Crippen LogP contribution >= 0.6 is 0 Å². The van der Waals surface area contributed by atoms with Crippen LogP contribution in [0.5, 0.6) is 0 Å². The zero-order chi connectivity index (χ0) is 17.2. The van der Waals surface area contributed by atoms with Crippen molar-refractivity contribution in [1.29, 1.82) is 0 Å². The van der Waals surface area contributed by atoms with Crippen LogP contribution in [-0.4, -0.2) is 39.0 Å². The lowest BCUT2D eigenvalue weighted by atomic mass is 9.97. The molecule has 6 heteroatoms. The Bertz CT molecular complexity index is 889. The standard InChI is InChI=1S/C19H21N5O/c1-13-7-8-15-16(11-13)22-18(21-15)14-5-4-10-24(12-14)19(25)23-17-6-2-3-9-20-17/h2-3,6-9,11,14H,4-5,10,12H2,1H3,(H,21,22)(H,20,23,25)/t14-/m1/s1. The molecular weight excluding hydrogens is 314 g/mol. The normalized spacial score (nSPS) is 17.6. The summed E-state index contributed by atoms with van der Waals surface area (Å²) in [5.41, 5.74) is 3.25. The van der Waals surface area contributed by atoms with Crippen molar-refractivity contribution in [3.05, 3.63) is 54.0 Å². The Morgan fingerprint density at radius 1 is 1.32 bits per heavy atom. The number of hydrogen-bond acceptors (Lipinski definition) is 3. The van der Waals surface area contributed by atoms with E-state index in [9.17, 15) is 4.79 Å². The number of benzene rings is 1. The molecule has 1 saturated heterocycles. The molecule has 1 atom stereocenters. The largest absolute Gasteiger partial charge is 0.342 e. The number of urea groups is 1. The lowest BCUT2D eigenvalue weighted by Gasteiger charge is -2.31. The highest BCUT2D eigenvalue weighted by atomic mass is 16.2. The van der Waals surface area contributed by atoms with Crippen molar-refractivity contribution in [2.75, 3.05) is 18.4 Å². The maximum absolute atomic E-state index is 12.5. The average molecular weight is 335 g/mol. The van der Waals surface area contributed by atoms with Gasteiger partial charge >= 0.3 is 6.03 Å². The summed E-state index contributed by atoms with van der Waals surface area (Å²) in [5.74, 6) is 1.78. The fourth-order valence-electron chi connectivity index (χ4n) is 3.35. The summed E-state index contributed by atoms with van der Waals surface area (Å²) in [6, 6.07) is 11.6. The van der Waals surface area contributed by atoms with Gasteiger partial charge in [-0.15, -0.1) is 0 Å². The van der Waals surface area contributed by atoms with Gasteiger partial charge in [-0.2, -0.15) is 0 Å². The number of carbonyl (C=O) groups excluding carboxylic acids is 1. The summed E-state index contributed by atoms with van der Waals surface area (Å²) in [4.78, 5) is 26.7. The number of hydrogen-bond donors (Lipinski definition) is 2. The summed E-state index contributed by atoms with van der Waals surface area (Å²) >= 11 is 0. The highest BCUT2D eigenvalue weighted by Crippen LogP contribution is 2.27. The Labute approximate surface area is 146 Å². The maximum atomic E-state index is 12.5. The van der Waals surface area contributed by atoms with Crippen LogP contribution in [0.3, 0.4) is 0 Å². The van der Waals surface area contributed by atoms with Gasteiger partial charge in [0.25, 0.3) is 0 Å². The number of H-pyrrole nitrogens is 1. The van der Waals surface area contributed by atoms with Gasteiger partial charge < -0.3 is 9.88 Å². The number of aromatic amines is 1. The number of rotatable bonds is 2. The molecule has 1 aliphatic heterocycles. The number of piperidine rings is 1. The molecule has 3 heterocycles. The fraction of sp³-hybridized carbons (Fsp3) is 0.316. The summed E-state index contributed by atoms with van der Waals surface area (Å²) in [7, 11) is 0. The Morgan fingerprint density at radius 3 is 3.08 bits per heavy atom. The number of imidazole rings is 1. The second-order valence-electron chi connectivity index (χ2n) is 6.57. The van der Waals surface area contributed by atoms with Crippen molar-refractivity contribution in [2.45, 2.75) is 25.7 Å². The second-order valence-corrected chi connectivity index (χ2v) is 6.57. The molecule has 1 aromatic carbocycles. The minimum Gasteiger partial charge on any atom is -0.342 e. The molecule has 0 bridgehead atoms. The van der Waals surface area contributed by atoms with Crippen molar-refractivity contribution >= 4 is 22.9 Å². The molecule has 0 unspecified atom stereocenters. The van der Waals surface area contributed by atoms with E-state index in [1.54, 1.807) is 12.3 Å². The Balaban J connectivity index is 1.49. The molecule has 1 aliphatic rings. The second kappa shape index (κ2) is 6.55. The van der Waals surface area contributed by atoms with Gasteiger partial charge in [-0.1, -0.05) is 12.1 Å². The van der Waals surface area contributed by atoms with E-state index in [-0.39, 0.29) is 11.9 Å². The van der Waals surface area contributed by atoms with Gasteiger partial charge in [0, 0.05) is 25.2 Å². The van der Waals surface area contributed by atoms with Crippen LogP contribution in [0.1, 0.15) is 30.1 Å². The van der Waals surface area contributed by atoms with Gasteiger partial charge in [0.05, 0.1) is 11.0 Å². The molecular formula is C19H21N5O. The Kier molecular flexibility index (Phi) is 4.09. The third-order valence-corrected chi connectivity index (χ3v) is 4.65. The van der Waals surface area contributed by atoms with Crippen molar-refractivity contribution in [1.82, 2.24) is 19.9 Å². The third-order valence-electron chi connectivity index (χ3n) is 4.65. The number of aromatic nitrogens is 3. The predicted octanol–water partition coefficient (Wildman–Crippen LogP) is 3.68. The zero-order valence-electron chi connectivity index (χ0n) is 14.2. The molecule has 2 N–H and O–H groups in total. The van der Waals surface area contributed by atoms with Gasteiger partial charge in [-0.25, -0.2) is 14.8 Å². The van der Waals surface area contributed by atoms with Gasteiger partial charge in [-0.3, -0.25) is 5.32 Å². The first-order valence-electron chi connectivity index (χ1n) is 8.62. The van der Waals surface area contributed by atoms with Crippen LogP contribution in [-0.2, 0) is 0 Å². The van der Waals surface area contributed by atoms with E-state index in [0.717, 1.165) is 36.2 Å². The molecule has 2 aromatic heterocycles. The van der Waals surface area contributed by atoms with E-state index in [4.69, 9.17) is 4.98 Å². The van der Waals surface area contributed by atoms with E-state index in [1.165, 1.54) is 5.56 Å². The summed E-state index contributed by atoms with van der Waals surface area (Å²) in [6.07, 6.45) is 3.67. The van der Waals surface area contributed by atoms with Crippen LogP contribution in [0.4, 0.5) is 10.6 Å². The first kappa shape index (κ1) is 15.6. The predicted molar refractivity (Wildman–Crippen MR) is 97.6 cm³/mol. The van der Waals surface area contributed by atoms with Crippen molar-refractivity contribution in [2.24, 2.45) is 0 Å². The minimum absolute atomic E-state index is 0.102. The molecule has 0 aliphatic carbocycles. The van der Waals surface area contributed by atoms with Crippen LogP contribution in [0.2, 0.25) is 0 Å². The van der Waals surface area contributed by atoms with Gasteiger partial charge in [0.2, 0.25) is 0 Å². The lowest BCUT2D eigenvalue weighted by Crippen LogP contribution is -2.42. The van der Waals surface area contributed by atoms with Crippen LogP contribution in [0, 0.1) is 6.92 Å². The number of pyridine rings is 1. The lowest BCUT2D eigenvalue weighted by molar-refractivity contribution is 0.191. The number of likely N-dealkylation sites (tertiary alicyclic amines) is 1. The van der Waals surface area contributed by atoms with Crippen LogP contribution in [0.15, 0.2) is 42.6 Å². The molecule has 128 valence electrons. The van der Waals surface area contributed by atoms with E-state index < -0.39 is 0 Å². The smallest absolute Gasteiger partial charge is 0.323 e. The number of aryl methyl sites for hydroxylation is 1. The molecule has 4 rings (SSSR count). The zero-order valence-corrected chi connectivity index (χ0v) is 14.2. The summed E-state index contributed by atoms with van der Waals surface area (Å²) < 4.78 is 0.